The Kier molecular flexibility index (Phi) is 4.09. The van der Waals surface area contributed by atoms with Gasteiger partial charge in [-0.25, -0.2) is 19.4 Å². The van der Waals surface area contributed by atoms with Gasteiger partial charge in [-0.1, -0.05) is 0 Å². The number of morpholine rings is 1. The van der Waals surface area contributed by atoms with Crippen molar-refractivity contribution in [1.29, 1.82) is 0 Å². The van der Waals surface area contributed by atoms with Crippen molar-refractivity contribution in [2.75, 3.05) is 31.2 Å². The number of rotatable bonds is 4. The molecule has 2 aromatic rings. The van der Waals surface area contributed by atoms with Gasteiger partial charge in [-0.3, -0.25) is 0 Å². The van der Waals surface area contributed by atoms with Gasteiger partial charge in [0, 0.05) is 30.8 Å². The Labute approximate surface area is 145 Å². The molecule has 0 N–H and O–H groups in total. The molecule has 0 bridgehead atoms. The highest BCUT2D eigenvalue weighted by Gasteiger charge is 2.25. The standard InChI is InChI=1S/C18H19FN4O2/c1-11(2)25-16-7-12-14(8-13(16)19)22-18(12)15-9-17(21-10-20-15)23-3-5-24-6-4-23/h7-11H,3-6H2,1-2H3. The largest absolute Gasteiger partial charge is 0.488 e. The van der Waals surface area contributed by atoms with Crippen LogP contribution in [0.25, 0.3) is 0 Å². The van der Waals surface area contributed by atoms with E-state index < -0.39 is 5.82 Å². The number of aliphatic imine (C=N–C) groups is 1. The summed E-state index contributed by atoms with van der Waals surface area (Å²) in [6.45, 7) is 6.73. The third-order valence-corrected chi connectivity index (χ3v) is 4.13. The number of hydrogen-bond donors (Lipinski definition) is 0. The molecule has 25 heavy (non-hydrogen) atoms. The quantitative estimate of drug-likeness (QED) is 0.730. The Bertz CT molecular complexity index is 832. The van der Waals surface area contributed by atoms with Crippen LogP contribution in [-0.4, -0.2) is 48.1 Å². The molecule has 0 amide bonds. The number of hydrogen-bond acceptors (Lipinski definition) is 6. The van der Waals surface area contributed by atoms with Crippen molar-refractivity contribution >= 4 is 17.2 Å². The number of fused-ring (bicyclic) bond motifs is 1. The molecular weight excluding hydrogens is 323 g/mol. The Balaban J connectivity index is 1.62. The summed E-state index contributed by atoms with van der Waals surface area (Å²) in [5.74, 6) is 0.695. The van der Waals surface area contributed by atoms with Gasteiger partial charge in [-0.05, 0) is 19.9 Å². The van der Waals surface area contributed by atoms with Gasteiger partial charge in [0.05, 0.1) is 36.4 Å². The molecule has 0 saturated carbocycles. The highest BCUT2D eigenvalue weighted by atomic mass is 19.1. The van der Waals surface area contributed by atoms with Gasteiger partial charge in [-0.2, -0.15) is 0 Å². The minimum absolute atomic E-state index is 0.0972. The van der Waals surface area contributed by atoms with Gasteiger partial charge in [0.25, 0.3) is 0 Å². The van der Waals surface area contributed by atoms with Crippen molar-refractivity contribution in [3.8, 4) is 5.75 Å². The maximum atomic E-state index is 14.0. The third-order valence-electron chi connectivity index (χ3n) is 4.13. The second-order valence-electron chi connectivity index (χ2n) is 6.29. The first kappa shape index (κ1) is 16.0. The minimum Gasteiger partial charge on any atom is -0.488 e. The molecule has 130 valence electrons. The topological polar surface area (TPSA) is 59.8 Å². The minimum atomic E-state index is -0.396. The van der Waals surface area contributed by atoms with E-state index in [2.05, 4.69) is 19.9 Å². The Hall–Kier alpha value is -2.54. The van der Waals surface area contributed by atoms with E-state index in [4.69, 9.17) is 9.47 Å². The summed E-state index contributed by atoms with van der Waals surface area (Å²) in [6.07, 6.45) is 1.44. The predicted octanol–water partition coefficient (Wildman–Crippen LogP) is 2.72. The fourth-order valence-electron chi connectivity index (χ4n) is 2.93. The fourth-order valence-corrected chi connectivity index (χ4v) is 2.93. The van der Waals surface area contributed by atoms with Crippen molar-refractivity contribution in [2.24, 2.45) is 4.99 Å². The molecule has 0 radical (unpaired) electrons. The summed E-state index contributed by atoms with van der Waals surface area (Å²) in [7, 11) is 0. The number of aromatic nitrogens is 2. The van der Waals surface area contributed by atoms with Crippen LogP contribution in [0.1, 0.15) is 25.1 Å². The van der Waals surface area contributed by atoms with Crippen molar-refractivity contribution in [2.45, 2.75) is 20.0 Å². The van der Waals surface area contributed by atoms with Crippen LogP contribution in [0.2, 0.25) is 0 Å². The summed E-state index contributed by atoms with van der Waals surface area (Å²) in [5.41, 5.74) is 2.94. The van der Waals surface area contributed by atoms with E-state index in [1.807, 2.05) is 19.9 Å². The normalized spacial score (nSPS) is 16.3. The lowest BCUT2D eigenvalue weighted by Crippen LogP contribution is -2.37. The van der Waals surface area contributed by atoms with Crippen LogP contribution in [0.15, 0.2) is 29.5 Å². The van der Waals surface area contributed by atoms with E-state index in [1.165, 1.54) is 12.4 Å². The van der Waals surface area contributed by atoms with Crippen LogP contribution in [0.4, 0.5) is 15.9 Å². The first-order chi connectivity index (χ1) is 12.1. The molecule has 7 heteroatoms. The molecule has 0 atom stereocenters. The molecule has 6 nitrogen and oxygen atoms in total. The second kappa shape index (κ2) is 6.40. The summed E-state index contributed by atoms with van der Waals surface area (Å²) < 4.78 is 24.9. The third kappa shape index (κ3) is 3.07. The molecule has 0 spiro atoms. The molecular formula is C18H19FN4O2. The molecule has 1 fully saturated rings. The van der Waals surface area contributed by atoms with Crippen LogP contribution in [0.5, 0.6) is 5.75 Å². The number of ether oxygens (including phenoxy) is 2. The molecule has 4 rings (SSSR count). The highest BCUT2D eigenvalue weighted by Crippen LogP contribution is 2.37. The van der Waals surface area contributed by atoms with Crippen LogP contribution >= 0.6 is 0 Å². The smallest absolute Gasteiger partial charge is 0.167 e. The van der Waals surface area contributed by atoms with Gasteiger partial charge in [0.2, 0.25) is 0 Å². The van der Waals surface area contributed by atoms with E-state index in [0.29, 0.717) is 18.9 Å². The molecule has 1 aromatic heterocycles. The van der Waals surface area contributed by atoms with E-state index in [-0.39, 0.29) is 11.9 Å². The summed E-state index contributed by atoms with van der Waals surface area (Å²) in [4.78, 5) is 15.3. The van der Waals surface area contributed by atoms with Gasteiger partial charge in [0.1, 0.15) is 12.1 Å². The maximum absolute atomic E-state index is 14.0. The van der Waals surface area contributed by atoms with Crippen LogP contribution in [-0.2, 0) is 4.74 Å². The zero-order valence-electron chi connectivity index (χ0n) is 14.2. The van der Waals surface area contributed by atoms with Crippen LogP contribution in [0, 0.1) is 5.82 Å². The number of nitrogens with zero attached hydrogens (tertiary/aromatic N) is 4. The van der Waals surface area contributed by atoms with Gasteiger partial charge >= 0.3 is 0 Å². The predicted molar refractivity (Wildman–Crippen MR) is 92.5 cm³/mol. The fraction of sp³-hybridized carbons (Fsp3) is 0.389. The Morgan fingerprint density at radius 3 is 2.72 bits per heavy atom. The average Bonchev–Trinajstić information content (AvgIpc) is 2.61. The van der Waals surface area contributed by atoms with Crippen molar-refractivity contribution < 1.29 is 13.9 Å². The SMILES string of the molecule is CC(C)Oc1cc2c(cc1F)N=C2c1cc(N2CCOCC2)ncn1. The zero-order chi connectivity index (χ0) is 17.4. The molecule has 1 saturated heterocycles. The second-order valence-corrected chi connectivity index (χ2v) is 6.29. The van der Waals surface area contributed by atoms with Gasteiger partial charge in [0.15, 0.2) is 11.6 Å². The van der Waals surface area contributed by atoms with Gasteiger partial charge < -0.3 is 14.4 Å². The lowest BCUT2D eigenvalue weighted by molar-refractivity contribution is 0.122. The van der Waals surface area contributed by atoms with Crippen LogP contribution < -0.4 is 9.64 Å². The number of halogens is 1. The van der Waals surface area contributed by atoms with E-state index in [9.17, 15) is 4.39 Å². The molecule has 1 aromatic carbocycles. The Morgan fingerprint density at radius 2 is 1.96 bits per heavy atom. The summed E-state index contributed by atoms with van der Waals surface area (Å²) in [5, 5.41) is 0. The molecule has 3 heterocycles. The number of anilines is 1. The summed E-state index contributed by atoms with van der Waals surface area (Å²) in [6, 6.07) is 5.02. The van der Waals surface area contributed by atoms with Crippen LogP contribution in [0.3, 0.4) is 0 Å². The van der Waals surface area contributed by atoms with Crippen molar-refractivity contribution in [3.05, 3.63) is 41.6 Å². The molecule has 2 aliphatic heterocycles. The van der Waals surface area contributed by atoms with E-state index in [1.54, 1.807) is 6.07 Å². The zero-order valence-corrected chi connectivity index (χ0v) is 14.2. The lowest BCUT2D eigenvalue weighted by Gasteiger charge is -2.28. The van der Waals surface area contributed by atoms with Crippen molar-refractivity contribution in [3.63, 3.8) is 0 Å². The first-order valence-electron chi connectivity index (χ1n) is 8.36. The molecule has 0 unspecified atom stereocenters. The van der Waals surface area contributed by atoms with E-state index >= 15 is 0 Å². The summed E-state index contributed by atoms with van der Waals surface area (Å²) >= 11 is 0. The Morgan fingerprint density at radius 1 is 1.16 bits per heavy atom. The van der Waals surface area contributed by atoms with E-state index in [0.717, 1.165) is 35.9 Å². The first-order valence-corrected chi connectivity index (χ1v) is 8.36. The number of benzene rings is 1. The maximum Gasteiger partial charge on any atom is 0.167 e. The van der Waals surface area contributed by atoms with Crippen molar-refractivity contribution in [1.82, 2.24) is 9.97 Å². The molecule has 0 aliphatic carbocycles. The molecule has 2 aliphatic rings. The lowest BCUT2D eigenvalue weighted by atomic mass is 9.98. The highest BCUT2D eigenvalue weighted by molar-refractivity contribution is 6.21. The average molecular weight is 342 g/mol. The monoisotopic (exact) mass is 342 g/mol. The van der Waals surface area contributed by atoms with Gasteiger partial charge in [-0.15, -0.1) is 0 Å².